The lowest BCUT2D eigenvalue weighted by atomic mass is 10.0. The predicted octanol–water partition coefficient (Wildman–Crippen LogP) is 6.35. The summed E-state index contributed by atoms with van der Waals surface area (Å²) in [5.41, 5.74) is 2.87. The maximum atomic E-state index is 12.7. The average molecular weight is 509 g/mol. The van der Waals surface area contributed by atoms with E-state index in [2.05, 4.69) is 49.4 Å². The molecule has 1 aliphatic rings. The predicted molar refractivity (Wildman–Crippen MR) is 115 cm³/mol. The minimum absolute atomic E-state index is 0.0861. The van der Waals surface area contributed by atoms with Crippen molar-refractivity contribution < 1.29 is 9.53 Å². The summed E-state index contributed by atoms with van der Waals surface area (Å²) >= 11 is 8.36. The lowest BCUT2D eigenvalue weighted by Crippen LogP contribution is -2.14. The number of ether oxygens (including phenoxy) is 1. The Kier molecular flexibility index (Phi) is 6.25. The molecule has 1 aromatic carbocycles. The number of allylic oxidation sites excluding steroid dienone is 1. The van der Waals surface area contributed by atoms with Crippen molar-refractivity contribution in [3.8, 4) is 6.07 Å². The van der Waals surface area contributed by atoms with E-state index in [-0.39, 0.29) is 23.2 Å². The smallest absolute Gasteiger partial charge is 0.311 e. The van der Waals surface area contributed by atoms with Gasteiger partial charge in [0.2, 0.25) is 6.10 Å². The van der Waals surface area contributed by atoms with E-state index in [1.54, 1.807) is 11.3 Å². The van der Waals surface area contributed by atoms with Crippen molar-refractivity contribution in [3.05, 3.63) is 67.2 Å². The monoisotopic (exact) mass is 507 g/mol. The molecule has 1 heterocycles. The molecule has 0 radical (unpaired) electrons. The first-order chi connectivity index (χ1) is 12.8. The molecule has 1 unspecified atom stereocenters. The van der Waals surface area contributed by atoms with Crippen molar-refractivity contribution in [1.82, 2.24) is 0 Å². The van der Waals surface area contributed by atoms with Gasteiger partial charge >= 0.3 is 5.97 Å². The maximum absolute atomic E-state index is 12.7. The van der Waals surface area contributed by atoms with Crippen LogP contribution in [0.1, 0.15) is 36.6 Å². The van der Waals surface area contributed by atoms with Gasteiger partial charge in [-0.25, -0.2) is 0 Å². The normalized spacial score (nSPS) is 21.0. The summed E-state index contributed by atoms with van der Waals surface area (Å²) in [7, 11) is 0. The number of esters is 1. The number of nitriles is 1. The van der Waals surface area contributed by atoms with Gasteiger partial charge in [-0.05, 0) is 77.6 Å². The SMILES string of the molecule is CC1(C)[C@H](C(=O)OC(C#N)c2cccc(Cc3ccsc3)c2)[C@@H]1C=C(Br)Br. The first-order valence-electron chi connectivity index (χ1n) is 8.55. The van der Waals surface area contributed by atoms with Gasteiger partial charge in [-0.1, -0.05) is 44.2 Å². The highest BCUT2D eigenvalue weighted by Gasteiger charge is 2.61. The van der Waals surface area contributed by atoms with Gasteiger partial charge in [0.15, 0.2) is 0 Å². The standard InChI is InChI=1S/C21H19Br2NO2S/c1-21(2)16(10-18(22)23)19(21)20(25)26-17(11-24)15-5-3-4-13(9-15)8-14-6-7-27-12-14/h3-7,9-10,12,16-17,19H,8H2,1-2H3/t16-,17?,19-/m0/s1. The number of nitrogens with zero attached hydrogens (tertiary/aromatic N) is 1. The van der Waals surface area contributed by atoms with Crippen molar-refractivity contribution in [2.24, 2.45) is 17.3 Å². The molecule has 1 saturated carbocycles. The summed E-state index contributed by atoms with van der Waals surface area (Å²) in [5, 5.41) is 13.7. The number of benzene rings is 1. The Morgan fingerprint density at radius 1 is 1.37 bits per heavy atom. The molecule has 6 heteroatoms. The first kappa shape index (κ1) is 20.3. The Balaban J connectivity index is 1.72. The Hall–Kier alpha value is -1.42. The van der Waals surface area contributed by atoms with E-state index in [9.17, 15) is 10.1 Å². The summed E-state index contributed by atoms with van der Waals surface area (Å²) in [6.45, 7) is 4.07. The van der Waals surface area contributed by atoms with Gasteiger partial charge in [0.25, 0.3) is 0 Å². The Labute approximate surface area is 180 Å². The van der Waals surface area contributed by atoms with Gasteiger partial charge in [-0.15, -0.1) is 0 Å². The van der Waals surface area contributed by atoms with Gasteiger partial charge in [0.1, 0.15) is 6.07 Å². The van der Waals surface area contributed by atoms with Crippen LogP contribution in [0.5, 0.6) is 0 Å². The van der Waals surface area contributed by atoms with E-state index in [1.807, 2.05) is 49.6 Å². The van der Waals surface area contributed by atoms with Crippen molar-refractivity contribution in [1.29, 1.82) is 5.26 Å². The molecule has 2 aromatic rings. The average Bonchev–Trinajstić information content (AvgIpc) is 2.96. The van der Waals surface area contributed by atoms with Crippen molar-refractivity contribution in [3.63, 3.8) is 0 Å². The summed E-state index contributed by atoms with van der Waals surface area (Å²) in [4.78, 5) is 12.7. The number of thiophene rings is 1. The lowest BCUT2D eigenvalue weighted by Gasteiger charge is -2.13. The van der Waals surface area contributed by atoms with E-state index in [1.165, 1.54) is 5.56 Å². The summed E-state index contributed by atoms with van der Waals surface area (Å²) < 4.78 is 6.41. The molecular formula is C21H19Br2NO2S. The van der Waals surface area contributed by atoms with Crippen LogP contribution >= 0.6 is 43.2 Å². The fourth-order valence-corrected chi connectivity index (χ4v) is 4.67. The number of carbonyl (C=O) groups excluding carboxylic acids is 1. The summed E-state index contributed by atoms with van der Waals surface area (Å²) in [6, 6.07) is 11.9. The zero-order valence-corrected chi connectivity index (χ0v) is 19.0. The number of rotatable bonds is 6. The number of hydrogen-bond acceptors (Lipinski definition) is 4. The van der Waals surface area contributed by atoms with E-state index in [0.717, 1.165) is 15.4 Å². The molecule has 0 saturated heterocycles. The molecule has 0 bridgehead atoms. The van der Waals surface area contributed by atoms with Gasteiger partial charge in [-0.3, -0.25) is 4.79 Å². The molecule has 27 heavy (non-hydrogen) atoms. The molecule has 1 aromatic heterocycles. The van der Waals surface area contributed by atoms with Crippen LogP contribution in [0.2, 0.25) is 0 Å². The van der Waals surface area contributed by atoms with E-state index < -0.39 is 6.10 Å². The number of carbonyl (C=O) groups is 1. The van der Waals surface area contributed by atoms with Crippen LogP contribution in [0.3, 0.4) is 0 Å². The second-order valence-electron chi connectivity index (χ2n) is 7.28. The molecule has 3 rings (SSSR count). The number of halogens is 2. The summed E-state index contributed by atoms with van der Waals surface area (Å²) in [5.74, 6) is -0.479. The molecule has 0 N–H and O–H groups in total. The van der Waals surface area contributed by atoms with Gasteiger partial charge in [-0.2, -0.15) is 16.6 Å². The second kappa shape index (κ2) is 8.30. The molecule has 0 aliphatic heterocycles. The molecule has 3 nitrogen and oxygen atoms in total. The van der Waals surface area contributed by atoms with Crippen LogP contribution in [0.25, 0.3) is 0 Å². The summed E-state index contributed by atoms with van der Waals surface area (Å²) in [6.07, 6.45) is 1.87. The largest absolute Gasteiger partial charge is 0.442 e. The first-order valence-corrected chi connectivity index (χ1v) is 11.1. The van der Waals surface area contributed by atoms with Crippen molar-refractivity contribution in [2.45, 2.75) is 26.4 Å². The zero-order chi connectivity index (χ0) is 19.6. The highest BCUT2D eigenvalue weighted by Crippen LogP contribution is 2.60. The third-order valence-electron chi connectivity index (χ3n) is 5.06. The molecule has 140 valence electrons. The molecular weight excluding hydrogens is 490 g/mol. The topological polar surface area (TPSA) is 50.1 Å². The van der Waals surface area contributed by atoms with Crippen LogP contribution in [0, 0.1) is 28.6 Å². The fraction of sp³-hybridized carbons (Fsp3) is 0.333. The van der Waals surface area contributed by atoms with Crippen LogP contribution < -0.4 is 0 Å². The van der Waals surface area contributed by atoms with Crippen LogP contribution in [-0.2, 0) is 16.0 Å². The second-order valence-corrected chi connectivity index (χ2v) is 10.8. The van der Waals surface area contributed by atoms with Gasteiger partial charge in [0, 0.05) is 5.56 Å². The van der Waals surface area contributed by atoms with E-state index in [4.69, 9.17) is 4.74 Å². The minimum atomic E-state index is -0.895. The van der Waals surface area contributed by atoms with E-state index >= 15 is 0 Å². The van der Waals surface area contributed by atoms with Gasteiger partial charge < -0.3 is 4.74 Å². The third-order valence-corrected chi connectivity index (χ3v) is 6.32. The molecule has 1 fully saturated rings. The lowest BCUT2D eigenvalue weighted by molar-refractivity contribution is -0.149. The fourth-order valence-electron chi connectivity index (χ4n) is 3.43. The van der Waals surface area contributed by atoms with Crippen LogP contribution in [0.4, 0.5) is 0 Å². The molecule has 0 amide bonds. The third kappa shape index (κ3) is 4.71. The van der Waals surface area contributed by atoms with Crippen LogP contribution in [-0.4, -0.2) is 5.97 Å². The highest BCUT2D eigenvalue weighted by molar-refractivity contribution is 9.28. The quantitative estimate of drug-likeness (QED) is 0.427. The van der Waals surface area contributed by atoms with E-state index in [0.29, 0.717) is 5.56 Å². The van der Waals surface area contributed by atoms with Gasteiger partial charge in [0.05, 0.1) is 9.31 Å². The molecule has 0 spiro atoms. The Bertz CT molecular complexity index is 895. The Morgan fingerprint density at radius 3 is 2.78 bits per heavy atom. The molecule has 3 atom stereocenters. The van der Waals surface area contributed by atoms with Crippen LogP contribution in [0.15, 0.2) is 50.6 Å². The van der Waals surface area contributed by atoms with Crippen molar-refractivity contribution >= 4 is 49.2 Å². The zero-order valence-electron chi connectivity index (χ0n) is 15.0. The molecule has 1 aliphatic carbocycles. The number of hydrogen-bond donors (Lipinski definition) is 0. The highest BCUT2D eigenvalue weighted by atomic mass is 79.9. The van der Waals surface area contributed by atoms with Crippen molar-refractivity contribution in [2.75, 3.05) is 0 Å². The minimum Gasteiger partial charge on any atom is -0.442 e. The Morgan fingerprint density at radius 2 is 2.15 bits per heavy atom. The maximum Gasteiger partial charge on any atom is 0.311 e.